The van der Waals surface area contributed by atoms with Crippen molar-refractivity contribution in [2.75, 3.05) is 11.5 Å². The van der Waals surface area contributed by atoms with Gasteiger partial charge in [-0.05, 0) is 24.3 Å². The van der Waals surface area contributed by atoms with E-state index in [0.717, 1.165) is 11.4 Å². The fourth-order valence-corrected chi connectivity index (χ4v) is 4.44. The van der Waals surface area contributed by atoms with Gasteiger partial charge in [0, 0.05) is 11.4 Å². The van der Waals surface area contributed by atoms with Crippen LogP contribution in [0.25, 0.3) is 0 Å². The van der Waals surface area contributed by atoms with Crippen LogP contribution in [0.15, 0.2) is 48.5 Å². The first-order chi connectivity index (χ1) is 8.00. The van der Waals surface area contributed by atoms with Crippen molar-refractivity contribution < 1.29 is 0 Å². The highest BCUT2D eigenvalue weighted by atomic mass is 28.3. The van der Waals surface area contributed by atoms with Crippen molar-refractivity contribution in [3.63, 3.8) is 0 Å². The van der Waals surface area contributed by atoms with Gasteiger partial charge in [-0.1, -0.05) is 47.7 Å². The van der Waals surface area contributed by atoms with Crippen LogP contribution in [-0.2, 0) is 0 Å². The largest absolute Gasteiger partial charge is 0.399 e. The highest BCUT2D eigenvalue weighted by molar-refractivity contribution is 7.00. The third-order valence-electron chi connectivity index (χ3n) is 3.22. The first kappa shape index (κ1) is 11.7. The highest BCUT2D eigenvalue weighted by Crippen LogP contribution is 2.09. The number of hydrogen-bond donors (Lipinski definition) is 2. The Morgan fingerprint density at radius 1 is 0.765 bits per heavy atom. The molecule has 0 saturated carbocycles. The van der Waals surface area contributed by atoms with Crippen molar-refractivity contribution >= 4 is 29.8 Å². The van der Waals surface area contributed by atoms with Gasteiger partial charge >= 0.3 is 0 Å². The Labute approximate surface area is 103 Å². The lowest BCUT2D eigenvalue weighted by atomic mass is 10.3. The van der Waals surface area contributed by atoms with Gasteiger partial charge in [-0.25, -0.2) is 0 Å². The summed E-state index contributed by atoms with van der Waals surface area (Å²) < 4.78 is 0. The van der Waals surface area contributed by atoms with Crippen LogP contribution in [0.3, 0.4) is 0 Å². The fourth-order valence-electron chi connectivity index (χ4n) is 2.02. The Balaban J connectivity index is 2.49. The van der Waals surface area contributed by atoms with Crippen LogP contribution in [-0.4, -0.2) is 8.07 Å². The molecule has 0 aliphatic heterocycles. The van der Waals surface area contributed by atoms with Gasteiger partial charge in [0.15, 0.2) is 0 Å². The normalized spacial score (nSPS) is 11.4. The molecule has 2 aromatic rings. The van der Waals surface area contributed by atoms with E-state index < -0.39 is 8.07 Å². The second-order valence-corrected chi connectivity index (χ2v) is 9.28. The predicted molar refractivity (Wildman–Crippen MR) is 78.5 cm³/mol. The van der Waals surface area contributed by atoms with Crippen molar-refractivity contribution in [2.45, 2.75) is 13.1 Å². The number of anilines is 2. The van der Waals surface area contributed by atoms with Crippen LogP contribution in [0.5, 0.6) is 0 Å². The molecule has 0 amide bonds. The molecule has 2 rings (SSSR count). The van der Waals surface area contributed by atoms with Gasteiger partial charge in [0.2, 0.25) is 0 Å². The van der Waals surface area contributed by atoms with E-state index in [4.69, 9.17) is 11.5 Å². The average Bonchev–Trinajstić information content (AvgIpc) is 2.29. The summed E-state index contributed by atoms with van der Waals surface area (Å²) in [6, 6.07) is 16.4. The molecular formula is C14H18N2Si. The maximum absolute atomic E-state index is 5.86. The van der Waals surface area contributed by atoms with Crippen molar-refractivity contribution in [3.05, 3.63) is 48.5 Å². The van der Waals surface area contributed by atoms with E-state index in [1.54, 1.807) is 0 Å². The van der Waals surface area contributed by atoms with E-state index in [0.29, 0.717) is 0 Å². The summed E-state index contributed by atoms with van der Waals surface area (Å²) in [5, 5.41) is 2.67. The molecule has 0 atom stereocenters. The second kappa shape index (κ2) is 4.26. The molecular weight excluding hydrogens is 224 g/mol. The molecule has 4 N–H and O–H groups in total. The Morgan fingerprint density at radius 2 is 1.18 bits per heavy atom. The predicted octanol–water partition coefficient (Wildman–Crippen LogP) is 1.67. The molecule has 0 heterocycles. The summed E-state index contributed by atoms with van der Waals surface area (Å²) in [7, 11) is -1.68. The summed E-state index contributed by atoms with van der Waals surface area (Å²) in [6.07, 6.45) is 0. The van der Waals surface area contributed by atoms with E-state index in [1.165, 1.54) is 10.4 Å². The molecule has 0 aromatic heterocycles. The standard InChI is InChI=1S/C14H18N2Si/c1-17(2,13-7-3-5-11(15)9-13)14-8-4-6-12(16)10-14/h3-10H,15-16H2,1-2H3. The molecule has 0 saturated heterocycles. The first-order valence-corrected chi connectivity index (χ1v) is 8.72. The molecule has 0 radical (unpaired) electrons. The van der Waals surface area contributed by atoms with Gasteiger partial charge < -0.3 is 11.5 Å². The Morgan fingerprint density at radius 3 is 1.53 bits per heavy atom. The van der Waals surface area contributed by atoms with E-state index in [9.17, 15) is 0 Å². The zero-order valence-corrected chi connectivity index (χ0v) is 11.3. The molecule has 0 aliphatic carbocycles. The smallest absolute Gasteiger partial charge is 0.112 e. The van der Waals surface area contributed by atoms with Gasteiger partial charge in [-0.2, -0.15) is 0 Å². The summed E-state index contributed by atoms with van der Waals surface area (Å²) in [5.41, 5.74) is 13.4. The van der Waals surface area contributed by atoms with Crippen molar-refractivity contribution in [1.29, 1.82) is 0 Å². The van der Waals surface area contributed by atoms with Crippen LogP contribution in [0.1, 0.15) is 0 Å². The number of nitrogens with two attached hydrogens (primary N) is 2. The molecule has 0 bridgehead atoms. The van der Waals surface area contributed by atoms with Crippen LogP contribution in [0.4, 0.5) is 11.4 Å². The zero-order chi connectivity index (χ0) is 12.5. The van der Waals surface area contributed by atoms with Crippen LogP contribution >= 0.6 is 0 Å². The molecule has 17 heavy (non-hydrogen) atoms. The SMILES string of the molecule is C[Si](C)(c1cccc(N)c1)c1cccc(N)c1. The number of benzene rings is 2. The lowest BCUT2D eigenvalue weighted by Gasteiger charge is -2.24. The minimum atomic E-state index is -1.68. The lowest BCUT2D eigenvalue weighted by Crippen LogP contribution is -2.52. The van der Waals surface area contributed by atoms with Crippen molar-refractivity contribution in [2.24, 2.45) is 0 Å². The van der Waals surface area contributed by atoms with Gasteiger partial charge in [0.25, 0.3) is 0 Å². The maximum atomic E-state index is 5.86. The Hall–Kier alpha value is -1.74. The minimum absolute atomic E-state index is 0.826. The molecule has 2 nitrogen and oxygen atoms in total. The van der Waals surface area contributed by atoms with E-state index in [-0.39, 0.29) is 0 Å². The summed E-state index contributed by atoms with van der Waals surface area (Å²) in [4.78, 5) is 0. The minimum Gasteiger partial charge on any atom is -0.399 e. The average molecular weight is 242 g/mol. The number of hydrogen-bond acceptors (Lipinski definition) is 2. The maximum Gasteiger partial charge on any atom is 0.112 e. The van der Waals surface area contributed by atoms with E-state index >= 15 is 0 Å². The topological polar surface area (TPSA) is 52.0 Å². The molecule has 0 spiro atoms. The molecule has 2 aromatic carbocycles. The molecule has 3 heteroatoms. The lowest BCUT2D eigenvalue weighted by molar-refractivity contribution is 1.65. The molecule has 0 aliphatic rings. The van der Waals surface area contributed by atoms with Gasteiger partial charge in [-0.3, -0.25) is 0 Å². The van der Waals surface area contributed by atoms with Crippen molar-refractivity contribution in [1.82, 2.24) is 0 Å². The summed E-state index contributed by atoms with van der Waals surface area (Å²) in [6.45, 7) is 4.63. The Kier molecular flexibility index (Phi) is 2.94. The fraction of sp³-hybridized carbons (Fsp3) is 0.143. The third kappa shape index (κ3) is 2.34. The number of nitrogen functional groups attached to an aromatic ring is 2. The molecule has 88 valence electrons. The first-order valence-electron chi connectivity index (χ1n) is 5.72. The zero-order valence-electron chi connectivity index (χ0n) is 10.3. The molecule has 0 unspecified atom stereocenters. The summed E-state index contributed by atoms with van der Waals surface area (Å²) in [5.74, 6) is 0. The van der Waals surface area contributed by atoms with E-state index in [1.807, 2.05) is 24.3 Å². The molecule has 0 fully saturated rings. The quantitative estimate of drug-likeness (QED) is 0.622. The Bertz CT molecular complexity index is 488. The number of rotatable bonds is 2. The van der Waals surface area contributed by atoms with Crippen molar-refractivity contribution in [3.8, 4) is 0 Å². The third-order valence-corrected chi connectivity index (χ3v) is 6.73. The highest BCUT2D eigenvalue weighted by Gasteiger charge is 2.25. The monoisotopic (exact) mass is 242 g/mol. The second-order valence-electron chi connectivity index (χ2n) is 4.88. The van der Waals surface area contributed by atoms with Crippen LogP contribution in [0, 0.1) is 0 Å². The van der Waals surface area contributed by atoms with Gasteiger partial charge in [-0.15, -0.1) is 0 Å². The van der Waals surface area contributed by atoms with E-state index in [2.05, 4.69) is 37.4 Å². The van der Waals surface area contributed by atoms with Gasteiger partial charge in [0.1, 0.15) is 8.07 Å². The van der Waals surface area contributed by atoms with Gasteiger partial charge in [0.05, 0.1) is 0 Å². The summed E-state index contributed by atoms with van der Waals surface area (Å²) >= 11 is 0. The van der Waals surface area contributed by atoms with Crippen LogP contribution in [0.2, 0.25) is 13.1 Å². The van der Waals surface area contributed by atoms with Crippen LogP contribution < -0.4 is 21.8 Å².